The average Bonchev–Trinajstić information content (AvgIpc) is 3.48. The fraction of sp³-hybridized carbons (Fsp3) is 0.227. The summed E-state index contributed by atoms with van der Waals surface area (Å²) in [6.45, 7) is 0. The van der Waals surface area contributed by atoms with Crippen LogP contribution in [-0.2, 0) is 5.41 Å². The van der Waals surface area contributed by atoms with Crippen molar-refractivity contribution in [3.63, 3.8) is 0 Å². The highest BCUT2D eigenvalue weighted by Crippen LogP contribution is 2.51. The maximum Gasteiger partial charge on any atom is 0.573 e. The van der Waals surface area contributed by atoms with E-state index >= 15 is 0 Å². The predicted molar refractivity (Wildman–Crippen MR) is 103 cm³/mol. The number of benzene rings is 2. The lowest BCUT2D eigenvalue weighted by molar-refractivity contribution is -0.274. The van der Waals surface area contributed by atoms with Crippen LogP contribution in [0.2, 0.25) is 0 Å². The van der Waals surface area contributed by atoms with E-state index in [0.29, 0.717) is 11.4 Å². The van der Waals surface area contributed by atoms with Gasteiger partial charge in [0.2, 0.25) is 0 Å². The molecule has 8 heteroatoms. The smallest absolute Gasteiger partial charge is 0.406 e. The summed E-state index contributed by atoms with van der Waals surface area (Å²) in [5.41, 5.74) is 0.640. The van der Waals surface area contributed by atoms with E-state index in [1.165, 1.54) is 18.2 Å². The Hall–Kier alpha value is -3.42. The van der Waals surface area contributed by atoms with Crippen LogP contribution in [0.5, 0.6) is 5.75 Å². The van der Waals surface area contributed by atoms with Crippen molar-refractivity contribution in [1.82, 2.24) is 9.97 Å². The van der Waals surface area contributed by atoms with E-state index in [4.69, 9.17) is 0 Å². The number of hydrogen-bond acceptors (Lipinski definition) is 4. The third kappa shape index (κ3) is 4.42. The van der Waals surface area contributed by atoms with Gasteiger partial charge in [0.05, 0.1) is 0 Å². The average molecular weight is 414 g/mol. The molecule has 30 heavy (non-hydrogen) atoms. The molecule has 1 aliphatic rings. The number of carbonyl (C=O) groups excluding carboxylic acids is 1. The molecule has 0 spiro atoms. The molecule has 0 atom stereocenters. The molecular formula is C22H17F3N2O3. The summed E-state index contributed by atoms with van der Waals surface area (Å²) in [5.74, 6) is -0.284. The van der Waals surface area contributed by atoms with Gasteiger partial charge in [0.15, 0.2) is 5.78 Å². The van der Waals surface area contributed by atoms with Gasteiger partial charge < -0.3 is 9.72 Å². The molecule has 1 heterocycles. The fourth-order valence-electron chi connectivity index (χ4n) is 3.46. The van der Waals surface area contributed by atoms with Crippen LogP contribution in [0.3, 0.4) is 0 Å². The largest absolute Gasteiger partial charge is 0.573 e. The van der Waals surface area contributed by atoms with Crippen LogP contribution in [0.4, 0.5) is 13.2 Å². The molecule has 3 aromatic rings. The number of ketones is 1. The van der Waals surface area contributed by atoms with Gasteiger partial charge in [0, 0.05) is 23.5 Å². The van der Waals surface area contributed by atoms with E-state index in [0.717, 1.165) is 18.4 Å². The molecule has 1 N–H and O–H groups in total. The summed E-state index contributed by atoms with van der Waals surface area (Å²) in [6, 6.07) is 15.7. The zero-order valence-electron chi connectivity index (χ0n) is 15.7. The van der Waals surface area contributed by atoms with Crippen LogP contribution in [0.15, 0.2) is 65.5 Å². The number of alkyl halides is 3. The Bertz CT molecular complexity index is 1120. The van der Waals surface area contributed by atoms with Crippen molar-refractivity contribution in [1.29, 1.82) is 0 Å². The van der Waals surface area contributed by atoms with Gasteiger partial charge in [0.1, 0.15) is 17.3 Å². The molecule has 0 unspecified atom stereocenters. The van der Waals surface area contributed by atoms with Gasteiger partial charge >= 0.3 is 6.36 Å². The van der Waals surface area contributed by atoms with Gasteiger partial charge in [-0.2, -0.15) is 0 Å². The highest BCUT2D eigenvalue weighted by Gasteiger charge is 2.46. The van der Waals surface area contributed by atoms with Crippen LogP contribution in [0.1, 0.15) is 35.3 Å². The fourth-order valence-corrected chi connectivity index (χ4v) is 3.46. The third-order valence-corrected chi connectivity index (χ3v) is 5.13. The van der Waals surface area contributed by atoms with Crippen LogP contribution in [0, 0.1) is 0 Å². The van der Waals surface area contributed by atoms with Gasteiger partial charge in [-0.25, -0.2) is 4.98 Å². The van der Waals surface area contributed by atoms with Crippen molar-refractivity contribution in [2.75, 3.05) is 0 Å². The first-order valence-corrected chi connectivity index (χ1v) is 9.30. The monoisotopic (exact) mass is 414 g/mol. The van der Waals surface area contributed by atoms with Gasteiger partial charge in [-0.05, 0) is 30.5 Å². The highest BCUT2D eigenvalue weighted by molar-refractivity contribution is 5.95. The molecule has 5 nitrogen and oxygen atoms in total. The van der Waals surface area contributed by atoms with E-state index in [9.17, 15) is 22.8 Å². The van der Waals surface area contributed by atoms with E-state index in [2.05, 4.69) is 14.7 Å². The lowest BCUT2D eigenvalue weighted by Gasteiger charge is -2.16. The minimum Gasteiger partial charge on any atom is -0.406 e. The van der Waals surface area contributed by atoms with Gasteiger partial charge in [-0.1, -0.05) is 42.5 Å². The topological polar surface area (TPSA) is 72.1 Å². The number of H-pyrrole nitrogens is 1. The summed E-state index contributed by atoms with van der Waals surface area (Å²) in [4.78, 5) is 31.9. The zero-order valence-corrected chi connectivity index (χ0v) is 15.7. The number of nitrogens with one attached hydrogen (secondary N) is 1. The predicted octanol–water partition coefficient (Wildman–Crippen LogP) is 4.64. The molecule has 1 saturated carbocycles. The second kappa shape index (κ2) is 7.44. The minimum atomic E-state index is -4.75. The quantitative estimate of drug-likeness (QED) is 0.597. The first-order valence-electron chi connectivity index (χ1n) is 9.30. The molecule has 4 rings (SSSR count). The zero-order chi connectivity index (χ0) is 21.4. The number of halogens is 3. The number of rotatable bonds is 6. The van der Waals surface area contributed by atoms with Crippen molar-refractivity contribution in [3.05, 3.63) is 82.3 Å². The Labute approximate surface area is 169 Å². The molecule has 0 bridgehead atoms. The molecule has 2 aromatic carbocycles. The first-order chi connectivity index (χ1) is 14.2. The molecule has 1 aromatic heterocycles. The van der Waals surface area contributed by atoms with Crippen LogP contribution in [-0.4, -0.2) is 22.1 Å². The van der Waals surface area contributed by atoms with Gasteiger partial charge in [-0.3, -0.25) is 9.59 Å². The number of hydrogen-bond donors (Lipinski definition) is 1. The second-order valence-electron chi connectivity index (χ2n) is 7.30. The molecule has 0 amide bonds. The van der Waals surface area contributed by atoms with Crippen molar-refractivity contribution in [3.8, 4) is 17.1 Å². The third-order valence-electron chi connectivity index (χ3n) is 5.13. The van der Waals surface area contributed by atoms with Crippen LogP contribution < -0.4 is 10.3 Å². The van der Waals surface area contributed by atoms with Crippen LogP contribution >= 0.6 is 0 Å². The van der Waals surface area contributed by atoms with Gasteiger partial charge in [-0.15, -0.1) is 13.2 Å². The standard InChI is InChI=1S/C22H17F3N2O3/c23-22(24,25)30-16-8-6-15(7-9-16)21(10-11-21)13-18(28)17-12-19(29)27-20(26-17)14-4-2-1-3-5-14/h1-9,12H,10-11,13H2,(H,26,27,29). The molecule has 1 aliphatic carbocycles. The maximum absolute atomic E-state index is 12.9. The Morgan fingerprint density at radius 1 is 1.07 bits per heavy atom. The van der Waals surface area contributed by atoms with E-state index in [-0.39, 0.29) is 23.6 Å². The van der Waals surface area contributed by atoms with Crippen LogP contribution in [0.25, 0.3) is 11.4 Å². The van der Waals surface area contributed by atoms with Crippen molar-refractivity contribution in [2.24, 2.45) is 0 Å². The van der Waals surface area contributed by atoms with Gasteiger partial charge in [0.25, 0.3) is 5.56 Å². The van der Waals surface area contributed by atoms with E-state index in [1.807, 2.05) is 6.07 Å². The number of aromatic amines is 1. The first kappa shape index (κ1) is 19.9. The Kier molecular flexibility index (Phi) is 4.93. The Morgan fingerprint density at radius 2 is 1.73 bits per heavy atom. The summed E-state index contributed by atoms with van der Waals surface area (Å²) in [5, 5.41) is 0. The maximum atomic E-state index is 12.9. The van der Waals surface area contributed by atoms with Crippen molar-refractivity contribution >= 4 is 5.78 Å². The molecule has 0 radical (unpaired) electrons. The number of ether oxygens (including phenoxy) is 1. The lowest BCUT2D eigenvalue weighted by Crippen LogP contribution is -2.19. The molecular weight excluding hydrogens is 397 g/mol. The molecule has 154 valence electrons. The minimum absolute atomic E-state index is 0.0703. The van der Waals surface area contributed by atoms with Crippen molar-refractivity contribution < 1.29 is 22.7 Å². The second-order valence-corrected chi connectivity index (χ2v) is 7.30. The Morgan fingerprint density at radius 3 is 2.33 bits per heavy atom. The summed E-state index contributed by atoms with van der Waals surface area (Å²) >= 11 is 0. The summed E-state index contributed by atoms with van der Waals surface area (Å²) in [7, 11) is 0. The molecule has 0 saturated heterocycles. The lowest BCUT2D eigenvalue weighted by atomic mass is 9.89. The number of carbonyl (C=O) groups is 1. The van der Waals surface area contributed by atoms with E-state index in [1.54, 1.807) is 36.4 Å². The number of Topliss-reactive ketones (excluding diaryl/α,β-unsaturated/α-hetero) is 1. The SMILES string of the molecule is O=C(CC1(c2ccc(OC(F)(F)F)cc2)CC1)c1cc(=O)[nH]c(-c2ccccc2)n1. The number of nitrogens with zero attached hydrogens (tertiary/aromatic N) is 1. The number of aromatic nitrogens is 2. The molecule has 0 aliphatic heterocycles. The normalized spacial score (nSPS) is 14.9. The summed E-state index contributed by atoms with van der Waals surface area (Å²) < 4.78 is 40.9. The van der Waals surface area contributed by atoms with E-state index < -0.39 is 17.3 Å². The summed E-state index contributed by atoms with van der Waals surface area (Å²) in [6.07, 6.45) is -3.17. The Balaban J connectivity index is 1.54. The van der Waals surface area contributed by atoms with Crippen molar-refractivity contribution in [2.45, 2.75) is 31.0 Å². The molecule has 1 fully saturated rings. The highest BCUT2D eigenvalue weighted by atomic mass is 19.4.